The number of anilines is 1. The third-order valence-electron chi connectivity index (χ3n) is 4.09. The molecule has 1 rings (SSSR count). The minimum Gasteiger partial charge on any atom is -0.423 e. The van der Waals surface area contributed by atoms with E-state index in [0.29, 0.717) is 0 Å². The zero-order chi connectivity index (χ0) is 27.3. The molecule has 0 aliphatic rings. The number of alkyl halides is 14. The lowest BCUT2D eigenvalue weighted by atomic mass is 9.73. The highest BCUT2D eigenvalue weighted by atomic mass is 35.5. The van der Waals surface area contributed by atoms with Gasteiger partial charge in [0, 0.05) is 5.56 Å². The second kappa shape index (κ2) is 8.98. The summed E-state index contributed by atoms with van der Waals surface area (Å²) in [5.74, 6) is -27.8. The molecule has 0 heterocycles. The molecule has 4 nitrogen and oxygen atoms in total. The molecule has 1 aromatic rings. The molecule has 0 aromatic heterocycles. The molecule has 0 saturated carbocycles. The van der Waals surface area contributed by atoms with Gasteiger partial charge in [-0.1, -0.05) is 6.58 Å². The van der Waals surface area contributed by atoms with E-state index in [1.165, 1.54) is 5.32 Å². The lowest BCUT2D eigenvalue weighted by Gasteiger charge is -2.34. The Hall–Kier alpha value is -1.85. The highest BCUT2D eigenvalue weighted by Gasteiger charge is 2.74. The van der Waals surface area contributed by atoms with Crippen molar-refractivity contribution in [1.82, 2.24) is 0 Å². The van der Waals surface area contributed by atoms with E-state index in [-0.39, 0.29) is 6.08 Å². The molecule has 1 amide bonds. The van der Waals surface area contributed by atoms with Crippen molar-refractivity contribution in [2.75, 3.05) is 5.32 Å². The fraction of sp³-hybridized carbons (Fsp3) is 0.400. The molecular weight excluding hydrogens is 552 g/mol. The minimum absolute atomic E-state index is 0.246. The lowest BCUT2D eigenvalue weighted by Crippen LogP contribution is -2.53. The summed E-state index contributed by atoms with van der Waals surface area (Å²) < 4.78 is 164. The molecule has 0 aliphatic heterocycles. The summed E-state index contributed by atoms with van der Waals surface area (Å²) in [4.78, 5) is 11.4. The molecule has 34 heavy (non-hydrogen) atoms. The Morgan fingerprint density at radius 3 is 1.53 bits per heavy atom. The molecular formula is C15H8BCl2F12NO3. The SMILES string of the molecule is C=CC(=O)Nc1cc(B(O)O)c(C(F)(F)C(F)(F)C(F)(F)Cl)cc1C(F)(F)C(F)(F)C(F)(F)Cl. The van der Waals surface area contributed by atoms with E-state index in [0.717, 1.165) is 0 Å². The van der Waals surface area contributed by atoms with Gasteiger partial charge in [-0.05, 0) is 46.9 Å². The Kier molecular flexibility index (Phi) is 7.98. The van der Waals surface area contributed by atoms with E-state index < -0.39 is 81.9 Å². The maximum atomic E-state index is 14.5. The zero-order valence-electron chi connectivity index (χ0n) is 15.6. The molecule has 3 N–H and O–H groups in total. The van der Waals surface area contributed by atoms with E-state index in [1.807, 2.05) is 0 Å². The van der Waals surface area contributed by atoms with Crippen LogP contribution in [0.15, 0.2) is 24.8 Å². The van der Waals surface area contributed by atoms with Gasteiger partial charge in [0.25, 0.3) is 0 Å². The van der Waals surface area contributed by atoms with Crippen LogP contribution in [0.3, 0.4) is 0 Å². The van der Waals surface area contributed by atoms with Gasteiger partial charge in [-0.25, -0.2) is 0 Å². The molecule has 0 bridgehead atoms. The summed E-state index contributed by atoms with van der Waals surface area (Å²) in [5, 5.41) is 7.35. The minimum atomic E-state index is -6.71. The zero-order valence-corrected chi connectivity index (χ0v) is 17.1. The highest BCUT2D eigenvalue weighted by molar-refractivity contribution is 6.59. The second-order valence-corrected chi connectivity index (χ2v) is 7.29. The number of hydrogen-bond acceptors (Lipinski definition) is 3. The molecule has 0 atom stereocenters. The molecule has 1 aromatic carbocycles. The van der Waals surface area contributed by atoms with Crippen molar-refractivity contribution in [1.29, 1.82) is 0 Å². The topological polar surface area (TPSA) is 69.6 Å². The Morgan fingerprint density at radius 1 is 0.824 bits per heavy atom. The number of nitrogens with one attached hydrogen (secondary N) is 1. The largest absolute Gasteiger partial charge is 0.489 e. The second-order valence-electron chi connectivity index (χ2n) is 6.35. The van der Waals surface area contributed by atoms with Crippen LogP contribution in [0.4, 0.5) is 58.4 Å². The summed E-state index contributed by atoms with van der Waals surface area (Å²) in [5.41, 5.74) is -9.49. The van der Waals surface area contributed by atoms with Crippen molar-refractivity contribution in [3.63, 3.8) is 0 Å². The fourth-order valence-corrected chi connectivity index (χ4v) is 2.58. The van der Waals surface area contributed by atoms with Crippen LogP contribution in [0.25, 0.3) is 0 Å². The molecule has 192 valence electrons. The molecule has 0 unspecified atom stereocenters. The summed E-state index contributed by atoms with van der Waals surface area (Å²) in [6.45, 7) is 2.81. The van der Waals surface area contributed by atoms with Crippen molar-refractivity contribution in [2.24, 2.45) is 0 Å². The Bertz CT molecular complexity index is 963. The van der Waals surface area contributed by atoms with Crippen LogP contribution >= 0.6 is 23.2 Å². The lowest BCUT2D eigenvalue weighted by molar-refractivity contribution is -0.288. The average Bonchev–Trinajstić information content (AvgIpc) is 2.64. The van der Waals surface area contributed by atoms with Crippen LogP contribution in [0, 0.1) is 0 Å². The molecule has 0 aliphatic carbocycles. The summed E-state index contributed by atoms with van der Waals surface area (Å²) in [7, 11) is -3.38. The monoisotopic (exact) mass is 559 g/mol. The fourth-order valence-electron chi connectivity index (χ4n) is 2.34. The van der Waals surface area contributed by atoms with Crippen molar-refractivity contribution in [3.05, 3.63) is 35.9 Å². The predicted molar refractivity (Wildman–Crippen MR) is 94.4 cm³/mol. The Morgan fingerprint density at radius 2 is 1.21 bits per heavy atom. The van der Waals surface area contributed by atoms with Crippen molar-refractivity contribution < 1.29 is 67.5 Å². The van der Waals surface area contributed by atoms with Gasteiger partial charge in [-0.2, -0.15) is 52.7 Å². The van der Waals surface area contributed by atoms with E-state index in [9.17, 15) is 67.5 Å². The Labute approximate surface area is 191 Å². The van der Waals surface area contributed by atoms with Crippen LogP contribution in [-0.4, -0.2) is 45.7 Å². The van der Waals surface area contributed by atoms with E-state index >= 15 is 0 Å². The molecule has 0 saturated heterocycles. The van der Waals surface area contributed by atoms with Gasteiger partial charge in [-0.15, -0.1) is 0 Å². The van der Waals surface area contributed by atoms with Gasteiger partial charge in [0.15, 0.2) is 0 Å². The van der Waals surface area contributed by atoms with Crippen LogP contribution in [0.2, 0.25) is 0 Å². The number of benzene rings is 1. The maximum absolute atomic E-state index is 14.5. The Balaban J connectivity index is 4.19. The van der Waals surface area contributed by atoms with Crippen LogP contribution < -0.4 is 10.8 Å². The first-order valence-corrected chi connectivity index (χ1v) is 8.76. The van der Waals surface area contributed by atoms with Gasteiger partial charge < -0.3 is 15.4 Å². The first kappa shape index (κ1) is 30.2. The van der Waals surface area contributed by atoms with Gasteiger partial charge in [0.2, 0.25) is 5.91 Å². The third kappa shape index (κ3) is 4.92. The number of carbonyl (C=O) groups excluding carboxylic acids is 1. The van der Waals surface area contributed by atoms with Gasteiger partial charge in [0.05, 0.1) is 11.3 Å². The average molecular weight is 560 g/mol. The van der Waals surface area contributed by atoms with E-state index in [4.69, 9.17) is 0 Å². The standard InChI is InChI=1S/C15H8BCl2F12NO3/c1-2-9(32)31-8-4-7(16(33)34)5(10(19,20)12(23,24)14(17,27)28)3-6(8)11(21,22)13(25,26)15(18,29)30/h2-4,33-34H,1H2,(H,31,32). The molecule has 19 heteroatoms. The molecule has 0 spiro atoms. The number of amides is 1. The first-order valence-electron chi connectivity index (χ1n) is 8.01. The molecule has 0 fully saturated rings. The van der Waals surface area contributed by atoms with Gasteiger partial charge >= 0.3 is 41.6 Å². The normalized spacial score (nSPS) is 14.1. The summed E-state index contributed by atoms with van der Waals surface area (Å²) in [6.07, 6.45) is 0.246. The summed E-state index contributed by atoms with van der Waals surface area (Å²) >= 11 is 7.89. The van der Waals surface area contributed by atoms with Gasteiger partial charge in [-0.3, -0.25) is 4.79 Å². The summed E-state index contributed by atoms with van der Waals surface area (Å²) in [6, 6.07) is -1.59. The quantitative estimate of drug-likeness (QED) is 0.179. The van der Waals surface area contributed by atoms with E-state index in [1.54, 1.807) is 0 Å². The molecule has 0 radical (unpaired) electrons. The van der Waals surface area contributed by atoms with Crippen molar-refractivity contribution in [2.45, 2.75) is 34.5 Å². The van der Waals surface area contributed by atoms with Crippen LogP contribution in [0.5, 0.6) is 0 Å². The van der Waals surface area contributed by atoms with Crippen molar-refractivity contribution in [3.8, 4) is 0 Å². The maximum Gasteiger partial charge on any atom is 0.489 e. The number of rotatable bonds is 9. The number of carbonyl (C=O) groups is 1. The number of hydrogen-bond donors (Lipinski definition) is 3. The first-order chi connectivity index (χ1) is 14.9. The smallest absolute Gasteiger partial charge is 0.423 e. The number of halogens is 14. The van der Waals surface area contributed by atoms with Crippen LogP contribution in [0.1, 0.15) is 11.1 Å². The van der Waals surface area contributed by atoms with Gasteiger partial charge in [0.1, 0.15) is 0 Å². The predicted octanol–water partition coefficient (Wildman–Crippen LogP) is 4.61. The van der Waals surface area contributed by atoms with Crippen LogP contribution in [-0.2, 0) is 16.6 Å². The highest BCUT2D eigenvalue weighted by Crippen LogP contribution is 2.56. The van der Waals surface area contributed by atoms with Crippen molar-refractivity contribution >= 4 is 47.4 Å². The third-order valence-corrected chi connectivity index (χ3v) is 4.56. The van der Waals surface area contributed by atoms with E-state index in [2.05, 4.69) is 29.8 Å².